The molecular weight excluding hydrogens is 170 g/mol. The quantitative estimate of drug-likeness (QED) is 0.670. The summed E-state index contributed by atoms with van der Waals surface area (Å²) in [5, 5.41) is 2.28. The van der Waals surface area contributed by atoms with E-state index in [1.165, 1.54) is 14.0 Å². The largest absolute Gasteiger partial charge is 0.468 e. The van der Waals surface area contributed by atoms with Crippen molar-refractivity contribution in [3.05, 3.63) is 0 Å². The SMILES string of the molecule is CC.CC.COC(=O)CNC(C)=O. The van der Waals surface area contributed by atoms with Crippen molar-refractivity contribution < 1.29 is 14.3 Å². The van der Waals surface area contributed by atoms with Gasteiger partial charge >= 0.3 is 5.97 Å². The zero-order valence-corrected chi connectivity index (χ0v) is 9.43. The number of hydrogen-bond acceptors (Lipinski definition) is 3. The molecule has 0 atom stereocenters. The first-order valence-electron chi connectivity index (χ1n) is 4.48. The molecule has 0 unspecified atom stereocenters. The van der Waals surface area contributed by atoms with Gasteiger partial charge in [0.25, 0.3) is 0 Å². The van der Waals surface area contributed by atoms with Crippen LogP contribution in [0, 0.1) is 0 Å². The zero-order valence-electron chi connectivity index (χ0n) is 9.43. The van der Waals surface area contributed by atoms with E-state index in [0.717, 1.165) is 0 Å². The Morgan fingerprint density at radius 3 is 1.77 bits per heavy atom. The molecule has 0 aliphatic heterocycles. The topological polar surface area (TPSA) is 55.4 Å². The third kappa shape index (κ3) is 24.8. The van der Waals surface area contributed by atoms with Crippen LogP contribution >= 0.6 is 0 Å². The summed E-state index contributed by atoms with van der Waals surface area (Å²) < 4.78 is 4.25. The van der Waals surface area contributed by atoms with Gasteiger partial charge < -0.3 is 10.1 Å². The highest BCUT2D eigenvalue weighted by Crippen LogP contribution is 1.68. The maximum absolute atomic E-state index is 10.3. The lowest BCUT2D eigenvalue weighted by atomic mass is 10.6. The Labute approximate surface area is 80.7 Å². The van der Waals surface area contributed by atoms with E-state index in [4.69, 9.17) is 0 Å². The van der Waals surface area contributed by atoms with E-state index in [1.54, 1.807) is 0 Å². The summed E-state index contributed by atoms with van der Waals surface area (Å²) in [6.45, 7) is 9.29. The molecule has 0 bridgehead atoms. The summed E-state index contributed by atoms with van der Waals surface area (Å²) in [5.74, 6) is -0.675. The Morgan fingerprint density at radius 2 is 1.54 bits per heavy atom. The minimum absolute atomic E-state index is 0.0498. The average molecular weight is 191 g/mol. The zero-order chi connectivity index (χ0) is 11.3. The molecule has 0 aliphatic carbocycles. The lowest BCUT2D eigenvalue weighted by molar-refractivity contribution is -0.140. The molecule has 0 saturated carbocycles. The normalized spacial score (nSPS) is 6.62. The van der Waals surface area contributed by atoms with Crippen molar-refractivity contribution in [3.8, 4) is 0 Å². The van der Waals surface area contributed by atoms with Crippen molar-refractivity contribution in [2.75, 3.05) is 13.7 Å². The first kappa shape index (κ1) is 17.9. The summed E-state index contributed by atoms with van der Waals surface area (Å²) in [7, 11) is 1.27. The van der Waals surface area contributed by atoms with Gasteiger partial charge in [-0.2, -0.15) is 0 Å². The second-order valence-electron chi connectivity index (χ2n) is 1.49. The molecule has 4 nitrogen and oxygen atoms in total. The van der Waals surface area contributed by atoms with Crippen LogP contribution in [-0.4, -0.2) is 25.5 Å². The van der Waals surface area contributed by atoms with Crippen LogP contribution in [0.4, 0.5) is 0 Å². The molecule has 0 aliphatic rings. The third-order valence-electron chi connectivity index (χ3n) is 0.709. The van der Waals surface area contributed by atoms with Gasteiger partial charge in [0.1, 0.15) is 6.54 Å². The van der Waals surface area contributed by atoms with Gasteiger partial charge in [0.2, 0.25) is 5.91 Å². The summed E-state index contributed by atoms with van der Waals surface area (Å²) in [4.78, 5) is 20.4. The van der Waals surface area contributed by atoms with Crippen LogP contribution in [0.25, 0.3) is 0 Å². The molecule has 13 heavy (non-hydrogen) atoms. The maximum Gasteiger partial charge on any atom is 0.325 e. The lowest BCUT2D eigenvalue weighted by Gasteiger charge is -1.97. The molecule has 0 heterocycles. The van der Waals surface area contributed by atoms with Crippen molar-refractivity contribution >= 4 is 11.9 Å². The van der Waals surface area contributed by atoms with Gasteiger partial charge in [-0.1, -0.05) is 27.7 Å². The first-order chi connectivity index (χ1) is 6.16. The van der Waals surface area contributed by atoms with Gasteiger partial charge in [0.15, 0.2) is 0 Å². The van der Waals surface area contributed by atoms with Crippen LogP contribution in [0.1, 0.15) is 34.6 Å². The van der Waals surface area contributed by atoms with Crippen molar-refractivity contribution in [3.63, 3.8) is 0 Å². The second kappa shape index (κ2) is 17.1. The highest BCUT2D eigenvalue weighted by atomic mass is 16.5. The van der Waals surface area contributed by atoms with Gasteiger partial charge in [0.05, 0.1) is 7.11 Å². The second-order valence-corrected chi connectivity index (χ2v) is 1.49. The van der Waals surface area contributed by atoms with E-state index in [-0.39, 0.29) is 12.5 Å². The minimum atomic E-state index is -0.440. The first-order valence-corrected chi connectivity index (χ1v) is 4.48. The van der Waals surface area contributed by atoms with Gasteiger partial charge in [-0.15, -0.1) is 0 Å². The number of methoxy groups -OCH3 is 1. The minimum Gasteiger partial charge on any atom is -0.468 e. The van der Waals surface area contributed by atoms with Crippen LogP contribution in [0.2, 0.25) is 0 Å². The number of amides is 1. The molecule has 0 aromatic rings. The van der Waals surface area contributed by atoms with Gasteiger partial charge in [-0.05, 0) is 0 Å². The van der Waals surface area contributed by atoms with E-state index in [9.17, 15) is 9.59 Å². The van der Waals surface area contributed by atoms with Crippen molar-refractivity contribution in [1.82, 2.24) is 5.32 Å². The molecule has 0 radical (unpaired) electrons. The standard InChI is InChI=1S/C5H9NO3.2C2H6/c1-4(7)6-3-5(8)9-2;2*1-2/h3H2,1-2H3,(H,6,7);2*1-2H3. The molecule has 80 valence electrons. The summed E-state index contributed by atoms with van der Waals surface area (Å²) in [6.07, 6.45) is 0. The third-order valence-corrected chi connectivity index (χ3v) is 0.709. The monoisotopic (exact) mass is 191 g/mol. The molecular formula is C9H21NO3. The Kier molecular flexibility index (Phi) is 23.6. The van der Waals surface area contributed by atoms with E-state index < -0.39 is 5.97 Å². The number of carbonyl (C=O) groups excluding carboxylic acids is 2. The van der Waals surface area contributed by atoms with Crippen LogP contribution in [0.5, 0.6) is 0 Å². The highest BCUT2D eigenvalue weighted by Gasteiger charge is 1.98. The fourth-order valence-corrected chi connectivity index (χ4v) is 0.269. The average Bonchev–Trinajstić information content (AvgIpc) is 2.20. The number of rotatable bonds is 2. The summed E-state index contributed by atoms with van der Waals surface area (Å²) in [5.41, 5.74) is 0. The van der Waals surface area contributed by atoms with Crippen molar-refractivity contribution in [1.29, 1.82) is 0 Å². The molecule has 0 aromatic heterocycles. The van der Waals surface area contributed by atoms with Crippen LogP contribution in [0.3, 0.4) is 0 Å². The van der Waals surface area contributed by atoms with Crippen LogP contribution in [-0.2, 0) is 14.3 Å². The molecule has 0 aromatic carbocycles. The smallest absolute Gasteiger partial charge is 0.325 e. The molecule has 0 fully saturated rings. The fraction of sp³-hybridized carbons (Fsp3) is 0.778. The molecule has 0 rings (SSSR count). The number of esters is 1. The highest BCUT2D eigenvalue weighted by molar-refractivity contribution is 5.80. The number of carbonyl (C=O) groups is 2. The van der Waals surface area contributed by atoms with Crippen molar-refractivity contribution in [2.24, 2.45) is 0 Å². The fourth-order valence-electron chi connectivity index (χ4n) is 0.269. The Balaban J connectivity index is -0.000000218. The Hall–Kier alpha value is -1.06. The van der Waals surface area contributed by atoms with E-state index in [1.807, 2.05) is 27.7 Å². The Morgan fingerprint density at radius 1 is 1.15 bits per heavy atom. The van der Waals surface area contributed by atoms with Crippen LogP contribution in [0.15, 0.2) is 0 Å². The van der Waals surface area contributed by atoms with E-state index in [0.29, 0.717) is 0 Å². The molecule has 0 spiro atoms. The van der Waals surface area contributed by atoms with Gasteiger partial charge in [-0.25, -0.2) is 0 Å². The predicted octanol–water partition coefficient (Wildman–Crippen LogP) is 1.35. The van der Waals surface area contributed by atoms with E-state index >= 15 is 0 Å². The Bertz CT molecular complexity index is 124. The van der Waals surface area contributed by atoms with Crippen molar-refractivity contribution in [2.45, 2.75) is 34.6 Å². The summed E-state index contributed by atoms with van der Waals surface area (Å²) in [6, 6.07) is 0. The molecule has 1 amide bonds. The molecule has 0 saturated heterocycles. The number of hydrogen-bond donors (Lipinski definition) is 1. The van der Waals surface area contributed by atoms with E-state index in [2.05, 4.69) is 10.1 Å². The summed E-state index contributed by atoms with van der Waals surface area (Å²) >= 11 is 0. The van der Waals surface area contributed by atoms with Gasteiger partial charge in [0, 0.05) is 6.92 Å². The number of ether oxygens (including phenoxy) is 1. The predicted molar refractivity (Wildman–Crippen MR) is 53.4 cm³/mol. The van der Waals surface area contributed by atoms with Crippen LogP contribution < -0.4 is 5.32 Å². The lowest BCUT2D eigenvalue weighted by Crippen LogP contribution is -2.27. The molecule has 4 heteroatoms. The number of nitrogens with one attached hydrogen (secondary N) is 1. The molecule has 1 N–H and O–H groups in total. The maximum atomic E-state index is 10.3. The van der Waals surface area contributed by atoms with Gasteiger partial charge in [-0.3, -0.25) is 9.59 Å².